The van der Waals surface area contributed by atoms with Crippen molar-refractivity contribution < 1.29 is 4.79 Å². The van der Waals surface area contributed by atoms with Crippen LogP contribution in [0.1, 0.15) is 16.1 Å². The molecule has 0 N–H and O–H groups in total. The highest BCUT2D eigenvalue weighted by Gasteiger charge is 2.10. The Morgan fingerprint density at radius 2 is 1.94 bits per heavy atom. The Balaban J connectivity index is 2.66. The molecule has 0 saturated heterocycles. The zero-order valence-corrected chi connectivity index (χ0v) is 10.6. The normalized spacial score (nSPS) is 10.3. The van der Waals surface area contributed by atoms with Gasteiger partial charge in [-0.2, -0.15) is 0 Å². The average Bonchev–Trinajstić information content (AvgIpc) is 2.29. The summed E-state index contributed by atoms with van der Waals surface area (Å²) in [5.41, 5.74) is 2.64. The number of nitrogens with zero attached hydrogens (tertiary/aromatic N) is 1. The van der Waals surface area contributed by atoms with Crippen LogP contribution in [0.25, 0.3) is 11.3 Å². The zero-order valence-electron chi connectivity index (χ0n) is 9.08. The molecule has 86 valence electrons. The fourth-order valence-corrected chi connectivity index (χ4v) is 2.06. The van der Waals surface area contributed by atoms with Crippen molar-refractivity contribution in [2.24, 2.45) is 0 Å². The number of rotatable bonds is 2. The minimum Gasteiger partial charge on any atom is -0.298 e. The molecule has 2 nitrogen and oxygen atoms in total. The Bertz CT molecular complexity index is 582. The Hall–Kier alpha value is -1.38. The summed E-state index contributed by atoms with van der Waals surface area (Å²) in [5, 5.41) is 1.04. The first kappa shape index (κ1) is 12.1. The highest BCUT2D eigenvalue weighted by molar-refractivity contribution is 6.36. The van der Waals surface area contributed by atoms with Gasteiger partial charge in [0.15, 0.2) is 6.29 Å². The Morgan fingerprint density at radius 1 is 1.18 bits per heavy atom. The van der Waals surface area contributed by atoms with Crippen LogP contribution in [0.5, 0.6) is 0 Å². The molecule has 0 atom stereocenters. The maximum atomic E-state index is 11.0. The molecule has 4 heteroatoms. The number of aryl methyl sites for hydroxylation is 1. The van der Waals surface area contributed by atoms with Gasteiger partial charge in [0.25, 0.3) is 0 Å². The third kappa shape index (κ3) is 2.48. The maximum absolute atomic E-state index is 11.0. The van der Waals surface area contributed by atoms with Gasteiger partial charge < -0.3 is 0 Å². The molecule has 0 radical (unpaired) electrons. The molecule has 0 aliphatic carbocycles. The second kappa shape index (κ2) is 4.86. The van der Waals surface area contributed by atoms with Gasteiger partial charge in [-0.3, -0.25) is 9.78 Å². The molecule has 1 heterocycles. The predicted molar refractivity (Wildman–Crippen MR) is 69.8 cm³/mol. The van der Waals surface area contributed by atoms with E-state index in [-0.39, 0.29) is 0 Å². The van der Waals surface area contributed by atoms with Crippen LogP contribution >= 0.6 is 23.2 Å². The van der Waals surface area contributed by atoms with Gasteiger partial charge in [0, 0.05) is 21.8 Å². The van der Waals surface area contributed by atoms with Crippen molar-refractivity contribution in [3.05, 3.63) is 51.6 Å². The summed E-state index contributed by atoms with van der Waals surface area (Å²) >= 11 is 11.9. The van der Waals surface area contributed by atoms with E-state index in [1.165, 1.54) is 0 Å². The first-order valence-corrected chi connectivity index (χ1v) is 5.75. The number of hydrogen-bond acceptors (Lipinski definition) is 2. The minimum atomic E-state index is 0.485. The van der Waals surface area contributed by atoms with E-state index in [9.17, 15) is 4.79 Å². The van der Waals surface area contributed by atoms with Gasteiger partial charge in [0.2, 0.25) is 0 Å². The van der Waals surface area contributed by atoms with Gasteiger partial charge in [-0.1, -0.05) is 23.2 Å². The highest BCUT2D eigenvalue weighted by atomic mass is 35.5. The molecule has 0 amide bonds. The molecule has 0 unspecified atom stereocenters. The first-order chi connectivity index (χ1) is 8.11. The van der Waals surface area contributed by atoms with Crippen molar-refractivity contribution in [2.75, 3.05) is 0 Å². The van der Waals surface area contributed by atoms with Gasteiger partial charge in [-0.15, -0.1) is 0 Å². The number of carbonyl (C=O) groups excluding carboxylic acids is 1. The van der Waals surface area contributed by atoms with Gasteiger partial charge in [0.05, 0.1) is 10.7 Å². The average molecular weight is 266 g/mol. The summed E-state index contributed by atoms with van der Waals surface area (Å²) in [7, 11) is 0. The number of carbonyl (C=O) groups is 1. The topological polar surface area (TPSA) is 30.0 Å². The van der Waals surface area contributed by atoms with Crippen molar-refractivity contribution in [3.8, 4) is 11.3 Å². The molecule has 17 heavy (non-hydrogen) atoms. The fraction of sp³-hybridized carbons (Fsp3) is 0.0769. The third-order valence-corrected chi connectivity index (χ3v) is 2.93. The lowest BCUT2D eigenvalue weighted by molar-refractivity contribution is 0.112. The molecule has 0 fully saturated rings. The van der Waals surface area contributed by atoms with Crippen molar-refractivity contribution in [3.63, 3.8) is 0 Å². The second-order valence-corrected chi connectivity index (χ2v) is 4.48. The Labute approximate surface area is 109 Å². The van der Waals surface area contributed by atoms with Gasteiger partial charge in [-0.05, 0) is 37.3 Å². The van der Waals surface area contributed by atoms with Crippen molar-refractivity contribution in [1.29, 1.82) is 0 Å². The van der Waals surface area contributed by atoms with Crippen LogP contribution in [-0.4, -0.2) is 11.3 Å². The fourth-order valence-electron chi connectivity index (χ4n) is 1.56. The molecule has 0 bridgehead atoms. The van der Waals surface area contributed by atoms with E-state index in [1.54, 1.807) is 30.3 Å². The smallest absolute Gasteiger partial charge is 0.152 e. The van der Waals surface area contributed by atoms with Crippen LogP contribution in [0.2, 0.25) is 10.0 Å². The van der Waals surface area contributed by atoms with E-state index < -0.39 is 0 Å². The molecule has 2 rings (SSSR count). The van der Waals surface area contributed by atoms with E-state index in [0.29, 0.717) is 26.9 Å². The standard InChI is InChI=1S/C13H9Cl2NO/c1-8-2-3-9(7-17)13(16-8)11-5-4-10(14)6-12(11)15/h2-7H,1H3. The van der Waals surface area contributed by atoms with Crippen LogP contribution in [0.3, 0.4) is 0 Å². The predicted octanol–water partition coefficient (Wildman–Crippen LogP) is 4.18. The molecular formula is C13H9Cl2NO. The summed E-state index contributed by atoms with van der Waals surface area (Å²) in [5.74, 6) is 0. The van der Waals surface area contributed by atoms with Crippen molar-refractivity contribution in [2.45, 2.75) is 6.92 Å². The summed E-state index contributed by atoms with van der Waals surface area (Å²) in [6.45, 7) is 1.86. The van der Waals surface area contributed by atoms with E-state index in [0.717, 1.165) is 12.0 Å². The highest BCUT2D eigenvalue weighted by Crippen LogP contribution is 2.30. The van der Waals surface area contributed by atoms with E-state index >= 15 is 0 Å². The lowest BCUT2D eigenvalue weighted by atomic mass is 10.1. The van der Waals surface area contributed by atoms with E-state index in [4.69, 9.17) is 23.2 Å². The molecule has 0 aliphatic rings. The molecule has 1 aromatic heterocycles. The SMILES string of the molecule is Cc1ccc(C=O)c(-c2ccc(Cl)cc2Cl)n1. The van der Waals surface area contributed by atoms with E-state index in [2.05, 4.69) is 4.98 Å². The second-order valence-electron chi connectivity index (χ2n) is 3.63. The first-order valence-electron chi connectivity index (χ1n) is 5.00. The zero-order chi connectivity index (χ0) is 12.4. The van der Waals surface area contributed by atoms with Crippen LogP contribution in [0.15, 0.2) is 30.3 Å². The maximum Gasteiger partial charge on any atom is 0.152 e. The Morgan fingerprint density at radius 3 is 2.59 bits per heavy atom. The molecular weight excluding hydrogens is 257 g/mol. The van der Waals surface area contributed by atoms with Crippen molar-refractivity contribution in [1.82, 2.24) is 4.98 Å². The number of pyridine rings is 1. The largest absolute Gasteiger partial charge is 0.298 e. The van der Waals surface area contributed by atoms with Gasteiger partial charge in [-0.25, -0.2) is 0 Å². The summed E-state index contributed by atoms with van der Waals surface area (Å²) < 4.78 is 0. The van der Waals surface area contributed by atoms with Crippen molar-refractivity contribution >= 4 is 29.5 Å². The van der Waals surface area contributed by atoms with Crippen LogP contribution < -0.4 is 0 Å². The lowest BCUT2D eigenvalue weighted by Gasteiger charge is -2.07. The summed E-state index contributed by atoms with van der Waals surface area (Å²) in [6, 6.07) is 8.64. The summed E-state index contributed by atoms with van der Waals surface area (Å²) in [6.07, 6.45) is 0.771. The number of hydrogen-bond donors (Lipinski definition) is 0. The third-order valence-electron chi connectivity index (χ3n) is 2.38. The number of aldehydes is 1. The number of aromatic nitrogens is 1. The molecule has 2 aromatic rings. The molecule has 0 spiro atoms. The number of halogens is 2. The van der Waals surface area contributed by atoms with E-state index in [1.807, 2.05) is 6.92 Å². The minimum absolute atomic E-state index is 0.485. The molecule has 0 aliphatic heterocycles. The number of benzene rings is 1. The van der Waals surface area contributed by atoms with Gasteiger partial charge in [0.1, 0.15) is 0 Å². The molecule has 0 saturated carbocycles. The van der Waals surface area contributed by atoms with Crippen LogP contribution in [0.4, 0.5) is 0 Å². The van der Waals surface area contributed by atoms with Gasteiger partial charge >= 0.3 is 0 Å². The summed E-state index contributed by atoms with van der Waals surface area (Å²) in [4.78, 5) is 15.3. The molecule has 1 aromatic carbocycles. The van der Waals surface area contributed by atoms with Crippen LogP contribution in [-0.2, 0) is 0 Å². The Kier molecular flexibility index (Phi) is 3.46. The monoisotopic (exact) mass is 265 g/mol. The lowest BCUT2D eigenvalue weighted by Crippen LogP contribution is -1.94. The quantitative estimate of drug-likeness (QED) is 0.763. The van der Waals surface area contributed by atoms with Crippen LogP contribution in [0, 0.1) is 6.92 Å².